The highest BCUT2D eigenvalue weighted by molar-refractivity contribution is 7.89. The van der Waals surface area contributed by atoms with E-state index in [-0.39, 0.29) is 16.5 Å². The first-order valence-electron chi connectivity index (χ1n) is 7.31. The Bertz CT molecular complexity index is 863. The predicted octanol–water partition coefficient (Wildman–Crippen LogP) is 2.60. The summed E-state index contributed by atoms with van der Waals surface area (Å²) in [6.07, 6.45) is 0. The third kappa shape index (κ3) is 3.93. The molecule has 0 heterocycles. The molecule has 0 saturated heterocycles. The Labute approximate surface area is 141 Å². The third-order valence-electron chi connectivity index (χ3n) is 3.75. The van der Waals surface area contributed by atoms with Gasteiger partial charge in [0.15, 0.2) is 0 Å². The number of ether oxygens (including phenoxy) is 1. The van der Waals surface area contributed by atoms with E-state index in [0.717, 1.165) is 11.1 Å². The highest BCUT2D eigenvalue weighted by Crippen LogP contribution is 2.26. The normalized spacial score (nSPS) is 12.5. The number of carbonyl (C=O) groups excluding carboxylic acids is 1. The van der Waals surface area contributed by atoms with Crippen LogP contribution in [0.2, 0.25) is 0 Å². The number of nitrogens with two attached hydrogens (primary N) is 1. The monoisotopic (exact) mass is 348 g/mol. The second-order valence-corrected chi connectivity index (χ2v) is 7.03. The molecule has 24 heavy (non-hydrogen) atoms. The van der Waals surface area contributed by atoms with Crippen LogP contribution in [0.15, 0.2) is 47.4 Å². The Morgan fingerprint density at radius 1 is 1.21 bits per heavy atom. The average Bonchev–Trinajstić information content (AvgIpc) is 2.53. The predicted molar refractivity (Wildman–Crippen MR) is 92.4 cm³/mol. The lowest BCUT2D eigenvalue weighted by Crippen LogP contribution is -2.16. The zero-order chi connectivity index (χ0) is 17.9. The molecule has 0 radical (unpaired) electrons. The minimum Gasteiger partial charge on any atom is -0.465 e. The summed E-state index contributed by atoms with van der Waals surface area (Å²) in [5.74, 6) is -0.639. The fraction of sp³-hybridized carbons (Fsp3) is 0.235. The van der Waals surface area contributed by atoms with Gasteiger partial charge in [-0.05, 0) is 43.2 Å². The molecular weight excluding hydrogens is 328 g/mol. The van der Waals surface area contributed by atoms with Crippen LogP contribution in [0.25, 0.3) is 0 Å². The SMILES string of the molecule is COC(=O)c1cc(S(N)(=O)=O)ccc1NC(C)c1ccccc1C. The van der Waals surface area contributed by atoms with E-state index in [1.807, 2.05) is 38.1 Å². The molecule has 128 valence electrons. The molecule has 0 aromatic heterocycles. The maximum Gasteiger partial charge on any atom is 0.340 e. The summed E-state index contributed by atoms with van der Waals surface area (Å²) in [5.41, 5.74) is 2.77. The van der Waals surface area contributed by atoms with Crippen molar-refractivity contribution in [1.29, 1.82) is 0 Å². The van der Waals surface area contributed by atoms with Crippen molar-refractivity contribution in [3.8, 4) is 0 Å². The Kier molecular flexibility index (Phi) is 5.26. The number of anilines is 1. The van der Waals surface area contributed by atoms with Crippen LogP contribution in [0.3, 0.4) is 0 Å². The topological polar surface area (TPSA) is 98.5 Å². The van der Waals surface area contributed by atoms with Gasteiger partial charge in [-0.15, -0.1) is 0 Å². The highest BCUT2D eigenvalue weighted by atomic mass is 32.2. The summed E-state index contributed by atoms with van der Waals surface area (Å²) in [7, 11) is -2.67. The van der Waals surface area contributed by atoms with Crippen molar-refractivity contribution >= 4 is 21.7 Å². The van der Waals surface area contributed by atoms with E-state index in [9.17, 15) is 13.2 Å². The Hall–Kier alpha value is -2.38. The van der Waals surface area contributed by atoms with Crippen LogP contribution in [0.5, 0.6) is 0 Å². The minimum atomic E-state index is -3.91. The van der Waals surface area contributed by atoms with E-state index in [0.29, 0.717) is 5.69 Å². The van der Waals surface area contributed by atoms with Crippen molar-refractivity contribution in [1.82, 2.24) is 0 Å². The zero-order valence-corrected chi connectivity index (χ0v) is 14.6. The van der Waals surface area contributed by atoms with Gasteiger partial charge in [-0.3, -0.25) is 0 Å². The molecule has 3 N–H and O–H groups in total. The number of rotatable bonds is 5. The molecule has 0 aliphatic carbocycles. The molecule has 0 aliphatic rings. The molecule has 0 saturated carbocycles. The standard InChI is InChI=1S/C17H20N2O4S/c1-11-6-4-5-7-14(11)12(2)19-16-9-8-13(24(18,21)22)10-15(16)17(20)23-3/h4-10,12,19H,1-3H3,(H2,18,21,22). The fourth-order valence-electron chi connectivity index (χ4n) is 2.49. The number of carbonyl (C=O) groups is 1. The van der Waals surface area contributed by atoms with E-state index in [1.165, 1.54) is 25.3 Å². The number of esters is 1. The summed E-state index contributed by atoms with van der Waals surface area (Å²) in [5, 5.41) is 8.35. The van der Waals surface area contributed by atoms with Gasteiger partial charge in [-0.2, -0.15) is 0 Å². The van der Waals surface area contributed by atoms with Gasteiger partial charge in [0.25, 0.3) is 0 Å². The number of benzene rings is 2. The number of hydrogen-bond donors (Lipinski definition) is 2. The van der Waals surface area contributed by atoms with Crippen molar-refractivity contribution < 1.29 is 17.9 Å². The van der Waals surface area contributed by atoms with Crippen molar-refractivity contribution in [2.45, 2.75) is 24.8 Å². The van der Waals surface area contributed by atoms with Crippen LogP contribution in [0.4, 0.5) is 5.69 Å². The first-order chi connectivity index (χ1) is 11.2. The van der Waals surface area contributed by atoms with Gasteiger partial charge in [-0.25, -0.2) is 18.4 Å². The van der Waals surface area contributed by atoms with E-state index >= 15 is 0 Å². The lowest BCUT2D eigenvalue weighted by atomic mass is 10.0. The quantitative estimate of drug-likeness (QED) is 0.809. The number of sulfonamides is 1. The summed E-state index contributed by atoms with van der Waals surface area (Å²) in [6, 6.07) is 11.9. The van der Waals surface area contributed by atoms with Gasteiger partial charge < -0.3 is 10.1 Å². The molecule has 0 fully saturated rings. The Morgan fingerprint density at radius 2 is 1.88 bits per heavy atom. The summed E-state index contributed by atoms with van der Waals surface area (Å²) in [6.45, 7) is 3.95. The third-order valence-corrected chi connectivity index (χ3v) is 4.66. The molecule has 2 aromatic carbocycles. The van der Waals surface area contributed by atoms with Gasteiger partial charge >= 0.3 is 5.97 Å². The van der Waals surface area contributed by atoms with Gasteiger partial charge in [0.1, 0.15) is 0 Å². The van der Waals surface area contributed by atoms with E-state index in [4.69, 9.17) is 9.88 Å². The second kappa shape index (κ2) is 7.02. The average molecular weight is 348 g/mol. The van der Waals surface area contributed by atoms with Gasteiger partial charge in [0.2, 0.25) is 10.0 Å². The van der Waals surface area contributed by atoms with Gasteiger partial charge in [-0.1, -0.05) is 24.3 Å². The van der Waals surface area contributed by atoms with Crippen LogP contribution in [0.1, 0.15) is 34.5 Å². The summed E-state index contributed by atoms with van der Waals surface area (Å²) < 4.78 is 27.7. The van der Waals surface area contributed by atoms with Crippen molar-refractivity contribution in [2.75, 3.05) is 12.4 Å². The molecule has 1 atom stereocenters. The molecule has 0 amide bonds. The Balaban J connectivity index is 2.43. The molecule has 0 bridgehead atoms. The number of primary sulfonamides is 1. The minimum absolute atomic E-state index is 0.0880. The number of nitrogens with one attached hydrogen (secondary N) is 1. The second-order valence-electron chi connectivity index (χ2n) is 5.47. The molecular formula is C17H20N2O4S. The largest absolute Gasteiger partial charge is 0.465 e. The van der Waals surface area contributed by atoms with E-state index in [1.54, 1.807) is 0 Å². The number of hydrogen-bond acceptors (Lipinski definition) is 5. The molecule has 2 rings (SSSR count). The van der Waals surface area contributed by atoms with Gasteiger partial charge in [0, 0.05) is 11.7 Å². The molecule has 1 unspecified atom stereocenters. The molecule has 6 nitrogen and oxygen atoms in total. The Morgan fingerprint density at radius 3 is 2.46 bits per heavy atom. The van der Waals surface area contributed by atoms with E-state index in [2.05, 4.69) is 5.32 Å². The number of aryl methyl sites for hydroxylation is 1. The molecule has 2 aromatic rings. The first kappa shape index (κ1) is 18.0. The van der Waals surface area contributed by atoms with Crippen LogP contribution in [-0.4, -0.2) is 21.5 Å². The molecule has 7 heteroatoms. The van der Waals surface area contributed by atoms with Crippen LogP contribution < -0.4 is 10.5 Å². The van der Waals surface area contributed by atoms with E-state index < -0.39 is 16.0 Å². The van der Waals surface area contributed by atoms with Crippen molar-refractivity contribution in [3.05, 3.63) is 59.2 Å². The maximum absolute atomic E-state index is 12.0. The smallest absolute Gasteiger partial charge is 0.340 e. The van der Waals surface area contributed by atoms with Crippen LogP contribution in [0, 0.1) is 6.92 Å². The van der Waals surface area contributed by atoms with Crippen molar-refractivity contribution in [3.63, 3.8) is 0 Å². The summed E-state index contributed by atoms with van der Waals surface area (Å²) in [4.78, 5) is 11.9. The first-order valence-corrected chi connectivity index (χ1v) is 8.86. The lowest BCUT2D eigenvalue weighted by Gasteiger charge is -2.20. The summed E-state index contributed by atoms with van der Waals surface area (Å²) >= 11 is 0. The van der Waals surface area contributed by atoms with Crippen LogP contribution >= 0.6 is 0 Å². The van der Waals surface area contributed by atoms with Crippen LogP contribution in [-0.2, 0) is 14.8 Å². The van der Waals surface area contributed by atoms with Gasteiger partial charge in [0.05, 0.1) is 17.6 Å². The highest BCUT2D eigenvalue weighted by Gasteiger charge is 2.19. The zero-order valence-electron chi connectivity index (χ0n) is 13.7. The lowest BCUT2D eigenvalue weighted by molar-refractivity contribution is 0.0601. The maximum atomic E-state index is 12.0. The fourth-order valence-corrected chi connectivity index (χ4v) is 3.03. The molecule has 0 spiro atoms. The number of methoxy groups -OCH3 is 1. The molecule has 0 aliphatic heterocycles. The van der Waals surface area contributed by atoms with Crippen molar-refractivity contribution in [2.24, 2.45) is 5.14 Å².